The van der Waals surface area contributed by atoms with Crippen LogP contribution >= 0.6 is 0 Å². The van der Waals surface area contributed by atoms with E-state index < -0.39 is 0 Å². The van der Waals surface area contributed by atoms with Crippen LogP contribution in [0.4, 0.5) is 0 Å². The number of hydrogen-bond acceptors (Lipinski definition) is 5. The maximum atomic E-state index is 5.03. The molecule has 0 saturated heterocycles. The van der Waals surface area contributed by atoms with Crippen molar-refractivity contribution in [2.45, 2.75) is 0 Å². The first kappa shape index (κ1) is 8.84. The maximum Gasteiger partial charge on any atom is 0.185 e. The minimum atomic E-state index is 0.626. The Balaban J connectivity index is 2.07. The Kier molecular flexibility index (Phi) is 2.00. The molecule has 5 heteroatoms. The van der Waals surface area contributed by atoms with Gasteiger partial charge in [0, 0.05) is 12.1 Å². The van der Waals surface area contributed by atoms with Crippen molar-refractivity contribution in [1.82, 2.24) is 15.3 Å². The summed E-state index contributed by atoms with van der Waals surface area (Å²) in [6, 6.07) is 9.09. The highest BCUT2D eigenvalue weighted by Gasteiger charge is 2.07. The van der Waals surface area contributed by atoms with Crippen molar-refractivity contribution in [2.75, 3.05) is 0 Å². The van der Waals surface area contributed by atoms with Gasteiger partial charge in [-0.05, 0) is 12.1 Å². The molecule has 0 spiro atoms. The summed E-state index contributed by atoms with van der Waals surface area (Å²) in [7, 11) is 0. The monoisotopic (exact) mass is 213 g/mol. The molecule has 0 saturated carbocycles. The lowest BCUT2D eigenvalue weighted by Crippen LogP contribution is -1.84. The molecule has 3 aromatic heterocycles. The SMILES string of the molecule is c1cc(-c2ccno2)nc(-c2ccno2)c1. The van der Waals surface area contributed by atoms with Gasteiger partial charge in [0.1, 0.15) is 11.4 Å². The van der Waals surface area contributed by atoms with Gasteiger partial charge in [0.05, 0.1) is 12.4 Å². The first-order chi connectivity index (χ1) is 7.93. The predicted molar refractivity (Wildman–Crippen MR) is 55.2 cm³/mol. The van der Waals surface area contributed by atoms with E-state index in [1.54, 1.807) is 24.5 Å². The van der Waals surface area contributed by atoms with Gasteiger partial charge in [0.15, 0.2) is 11.5 Å². The standard InChI is InChI=1S/C11H7N3O2/c1-2-8(10-4-6-12-15-10)14-9(3-1)11-5-7-13-16-11/h1-7H. The van der Waals surface area contributed by atoms with Gasteiger partial charge in [0.2, 0.25) is 0 Å². The lowest BCUT2D eigenvalue weighted by atomic mass is 10.2. The molecule has 0 fully saturated rings. The number of aromatic nitrogens is 3. The average molecular weight is 213 g/mol. The zero-order chi connectivity index (χ0) is 10.8. The van der Waals surface area contributed by atoms with Gasteiger partial charge >= 0.3 is 0 Å². The molecule has 0 aliphatic heterocycles. The van der Waals surface area contributed by atoms with Crippen LogP contribution in [0, 0.1) is 0 Å². The molecule has 0 aliphatic rings. The molecular weight excluding hydrogens is 206 g/mol. The molecule has 0 radical (unpaired) electrons. The van der Waals surface area contributed by atoms with E-state index in [0.29, 0.717) is 22.9 Å². The van der Waals surface area contributed by atoms with Gasteiger partial charge in [-0.2, -0.15) is 0 Å². The second-order valence-corrected chi connectivity index (χ2v) is 3.16. The molecule has 16 heavy (non-hydrogen) atoms. The maximum absolute atomic E-state index is 5.03. The quantitative estimate of drug-likeness (QED) is 0.653. The smallest absolute Gasteiger partial charge is 0.185 e. The molecule has 0 unspecified atom stereocenters. The zero-order valence-electron chi connectivity index (χ0n) is 8.20. The van der Waals surface area contributed by atoms with E-state index in [1.165, 1.54) is 0 Å². The van der Waals surface area contributed by atoms with E-state index in [0.717, 1.165) is 0 Å². The van der Waals surface area contributed by atoms with Crippen LogP contribution < -0.4 is 0 Å². The summed E-state index contributed by atoms with van der Waals surface area (Å²) in [6.07, 6.45) is 3.16. The van der Waals surface area contributed by atoms with Gasteiger partial charge in [-0.3, -0.25) is 0 Å². The summed E-state index contributed by atoms with van der Waals surface area (Å²) < 4.78 is 10.1. The van der Waals surface area contributed by atoms with Gasteiger partial charge in [0.25, 0.3) is 0 Å². The van der Waals surface area contributed by atoms with Crippen LogP contribution in [0.15, 0.2) is 51.8 Å². The summed E-state index contributed by atoms with van der Waals surface area (Å²) in [6.45, 7) is 0. The largest absolute Gasteiger partial charge is 0.355 e. The van der Waals surface area contributed by atoms with Gasteiger partial charge in [-0.1, -0.05) is 16.4 Å². The van der Waals surface area contributed by atoms with Crippen LogP contribution in [0.5, 0.6) is 0 Å². The molecule has 3 rings (SSSR count). The Hall–Kier alpha value is -2.43. The van der Waals surface area contributed by atoms with Crippen molar-refractivity contribution in [3.05, 3.63) is 42.7 Å². The van der Waals surface area contributed by atoms with Crippen molar-refractivity contribution in [3.63, 3.8) is 0 Å². The number of rotatable bonds is 2. The highest BCUT2D eigenvalue weighted by atomic mass is 16.5. The van der Waals surface area contributed by atoms with Gasteiger partial charge < -0.3 is 9.05 Å². The van der Waals surface area contributed by atoms with Crippen LogP contribution in [-0.2, 0) is 0 Å². The molecule has 0 amide bonds. The topological polar surface area (TPSA) is 65.0 Å². The van der Waals surface area contributed by atoms with E-state index in [1.807, 2.05) is 18.2 Å². The third kappa shape index (κ3) is 1.48. The summed E-state index contributed by atoms with van der Waals surface area (Å²) >= 11 is 0. The lowest BCUT2D eigenvalue weighted by Gasteiger charge is -1.97. The number of pyridine rings is 1. The van der Waals surface area contributed by atoms with Crippen molar-refractivity contribution in [3.8, 4) is 22.9 Å². The third-order valence-electron chi connectivity index (χ3n) is 2.13. The number of nitrogens with zero attached hydrogens (tertiary/aromatic N) is 3. The van der Waals surface area contributed by atoms with E-state index in [-0.39, 0.29) is 0 Å². The highest BCUT2D eigenvalue weighted by molar-refractivity contribution is 5.58. The average Bonchev–Trinajstić information content (AvgIpc) is 3.03. The van der Waals surface area contributed by atoms with E-state index in [9.17, 15) is 0 Å². The molecule has 0 N–H and O–H groups in total. The Morgan fingerprint density at radius 1 is 0.750 bits per heavy atom. The van der Waals surface area contributed by atoms with Crippen molar-refractivity contribution in [1.29, 1.82) is 0 Å². The predicted octanol–water partition coefficient (Wildman–Crippen LogP) is 2.39. The second-order valence-electron chi connectivity index (χ2n) is 3.16. The minimum Gasteiger partial charge on any atom is -0.355 e. The van der Waals surface area contributed by atoms with Gasteiger partial charge in [-0.25, -0.2) is 4.98 Å². The lowest BCUT2D eigenvalue weighted by molar-refractivity contribution is 0.428. The van der Waals surface area contributed by atoms with Crippen molar-refractivity contribution >= 4 is 0 Å². The Morgan fingerprint density at radius 3 is 1.75 bits per heavy atom. The fourth-order valence-electron chi connectivity index (χ4n) is 1.40. The Bertz CT molecular complexity index is 524. The first-order valence-corrected chi connectivity index (χ1v) is 4.73. The fourth-order valence-corrected chi connectivity index (χ4v) is 1.40. The normalized spacial score (nSPS) is 10.5. The summed E-state index contributed by atoms with van der Waals surface area (Å²) in [5, 5.41) is 7.28. The molecule has 0 bridgehead atoms. The van der Waals surface area contributed by atoms with Crippen LogP contribution in [0.1, 0.15) is 0 Å². The van der Waals surface area contributed by atoms with Crippen LogP contribution in [0.25, 0.3) is 22.9 Å². The summed E-state index contributed by atoms with van der Waals surface area (Å²) in [4.78, 5) is 4.39. The Labute approximate surface area is 90.7 Å². The van der Waals surface area contributed by atoms with E-state index >= 15 is 0 Å². The van der Waals surface area contributed by atoms with E-state index in [2.05, 4.69) is 15.3 Å². The molecule has 0 aromatic carbocycles. The minimum absolute atomic E-state index is 0.626. The number of hydrogen-bond donors (Lipinski definition) is 0. The molecule has 0 atom stereocenters. The second kappa shape index (κ2) is 3.62. The van der Waals surface area contributed by atoms with Crippen molar-refractivity contribution in [2.24, 2.45) is 0 Å². The van der Waals surface area contributed by atoms with Gasteiger partial charge in [-0.15, -0.1) is 0 Å². The summed E-state index contributed by atoms with van der Waals surface area (Å²) in [5.41, 5.74) is 1.43. The van der Waals surface area contributed by atoms with Crippen LogP contribution in [0.2, 0.25) is 0 Å². The molecular formula is C11H7N3O2. The molecule has 78 valence electrons. The Morgan fingerprint density at radius 2 is 1.31 bits per heavy atom. The van der Waals surface area contributed by atoms with E-state index in [4.69, 9.17) is 9.05 Å². The first-order valence-electron chi connectivity index (χ1n) is 4.73. The zero-order valence-corrected chi connectivity index (χ0v) is 8.20. The molecule has 5 nitrogen and oxygen atoms in total. The molecule has 3 aromatic rings. The van der Waals surface area contributed by atoms with Crippen molar-refractivity contribution < 1.29 is 9.05 Å². The van der Waals surface area contributed by atoms with Crippen LogP contribution in [0.3, 0.4) is 0 Å². The summed E-state index contributed by atoms with van der Waals surface area (Å²) in [5.74, 6) is 1.25. The molecule has 0 aliphatic carbocycles. The molecule has 3 heterocycles. The fraction of sp³-hybridized carbons (Fsp3) is 0. The third-order valence-corrected chi connectivity index (χ3v) is 2.13. The van der Waals surface area contributed by atoms with Crippen LogP contribution in [-0.4, -0.2) is 15.3 Å². The highest BCUT2D eigenvalue weighted by Crippen LogP contribution is 2.21.